The summed E-state index contributed by atoms with van der Waals surface area (Å²) in [4.78, 5) is 37.4. The molecule has 0 unspecified atom stereocenters. The van der Waals surface area contributed by atoms with Crippen LogP contribution in [0.4, 0.5) is 16.3 Å². The molecule has 1 saturated heterocycles. The number of amides is 3. The molecule has 0 aliphatic carbocycles. The van der Waals surface area contributed by atoms with Crippen LogP contribution in [0.3, 0.4) is 0 Å². The van der Waals surface area contributed by atoms with E-state index in [1.54, 1.807) is 6.92 Å². The van der Waals surface area contributed by atoms with Crippen LogP contribution < -0.4 is 20.7 Å². The van der Waals surface area contributed by atoms with E-state index in [1.165, 1.54) is 35.2 Å². The van der Waals surface area contributed by atoms with Gasteiger partial charge in [-0.2, -0.15) is 0 Å². The lowest BCUT2D eigenvalue weighted by Gasteiger charge is -2.16. The summed E-state index contributed by atoms with van der Waals surface area (Å²) in [6, 6.07) is 14.0. The van der Waals surface area contributed by atoms with Crippen molar-refractivity contribution in [2.24, 2.45) is 0 Å². The number of aliphatic hydroxyl groups is 2. The second-order valence-corrected chi connectivity index (χ2v) is 11.0. The highest BCUT2D eigenvalue weighted by molar-refractivity contribution is 7.89. The number of fused-ring (bicyclic) bond motifs is 1. The Morgan fingerprint density at radius 3 is 2.43 bits per heavy atom. The van der Waals surface area contributed by atoms with Crippen molar-refractivity contribution < 1.29 is 33.0 Å². The van der Waals surface area contributed by atoms with Gasteiger partial charge in [0, 0.05) is 18.8 Å². The summed E-state index contributed by atoms with van der Waals surface area (Å²) in [6.45, 7) is 2.17. The highest BCUT2D eigenvalue weighted by Crippen LogP contribution is 2.32. The lowest BCUT2D eigenvalue weighted by molar-refractivity contribution is -0.137. The van der Waals surface area contributed by atoms with Crippen LogP contribution in [0.2, 0.25) is 0 Å². The first-order valence-corrected chi connectivity index (χ1v) is 14.3. The molecule has 4 atom stereocenters. The van der Waals surface area contributed by atoms with Crippen molar-refractivity contribution in [3.8, 4) is 0 Å². The predicted molar refractivity (Wildman–Crippen MR) is 149 cm³/mol. The van der Waals surface area contributed by atoms with Gasteiger partial charge in [-0.3, -0.25) is 14.7 Å². The standard InChI is InChI=1S/C26H28N8O7S/c1-2-27-24(37)21-19(35)20(36)25(41-21)34-14-30-18-22(28-13-29-23(18)34)33-26(38)32-16-8-10-17(11-9-16)42(39,40)31-12-15-6-4-3-5-7-15/h3-11,13-14,19-21,25,31,35-36H,2,12H2,1H3,(H,27,37)(H2,28,29,32,33,38)/t19-,20+,21-,25+/m0/s1. The number of anilines is 2. The van der Waals surface area contributed by atoms with Gasteiger partial charge in [-0.05, 0) is 36.8 Å². The zero-order valence-electron chi connectivity index (χ0n) is 22.2. The summed E-state index contributed by atoms with van der Waals surface area (Å²) >= 11 is 0. The molecule has 0 bridgehead atoms. The van der Waals surface area contributed by atoms with Crippen molar-refractivity contribution in [3.05, 3.63) is 72.8 Å². The van der Waals surface area contributed by atoms with E-state index in [9.17, 15) is 28.2 Å². The van der Waals surface area contributed by atoms with E-state index in [-0.39, 0.29) is 28.4 Å². The van der Waals surface area contributed by atoms with E-state index >= 15 is 0 Å². The van der Waals surface area contributed by atoms with Gasteiger partial charge in [-0.25, -0.2) is 32.9 Å². The van der Waals surface area contributed by atoms with Gasteiger partial charge in [0.05, 0.1) is 11.2 Å². The maximum atomic E-state index is 12.7. The van der Waals surface area contributed by atoms with Crippen LogP contribution in [0.15, 0.2) is 72.1 Å². The first-order valence-electron chi connectivity index (χ1n) is 12.9. The van der Waals surface area contributed by atoms with Crippen LogP contribution in [0, 0.1) is 0 Å². The number of urea groups is 1. The molecule has 220 valence electrons. The lowest BCUT2D eigenvalue weighted by Crippen LogP contribution is -2.42. The van der Waals surface area contributed by atoms with Crippen LogP contribution in [-0.2, 0) is 26.1 Å². The van der Waals surface area contributed by atoms with Crippen molar-refractivity contribution in [1.29, 1.82) is 0 Å². The second-order valence-electron chi connectivity index (χ2n) is 9.28. The summed E-state index contributed by atoms with van der Waals surface area (Å²) < 4.78 is 34.7. The minimum absolute atomic E-state index is 0.0308. The fourth-order valence-corrected chi connectivity index (χ4v) is 5.37. The van der Waals surface area contributed by atoms with Crippen LogP contribution in [0.5, 0.6) is 0 Å². The molecule has 3 amide bonds. The molecule has 0 saturated carbocycles. The molecule has 1 aliphatic heterocycles. The Morgan fingerprint density at radius 1 is 0.976 bits per heavy atom. The van der Waals surface area contributed by atoms with E-state index in [4.69, 9.17) is 4.74 Å². The average Bonchev–Trinajstić information content (AvgIpc) is 3.54. The summed E-state index contributed by atoms with van der Waals surface area (Å²) in [7, 11) is -3.77. The molecule has 15 nitrogen and oxygen atoms in total. The number of aliphatic hydroxyl groups excluding tert-OH is 2. The van der Waals surface area contributed by atoms with Crippen LogP contribution in [0.25, 0.3) is 11.2 Å². The molecular formula is C26H28N8O7S. The van der Waals surface area contributed by atoms with Crippen LogP contribution in [0.1, 0.15) is 18.7 Å². The number of hydrogen-bond donors (Lipinski definition) is 6. The number of hydrogen-bond acceptors (Lipinski definition) is 10. The number of carbonyl (C=O) groups is 2. The molecule has 1 fully saturated rings. The van der Waals surface area contributed by atoms with Crippen molar-refractivity contribution in [2.45, 2.75) is 42.9 Å². The van der Waals surface area contributed by atoms with Crippen molar-refractivity contribution >= 4 is 44.6 Å². The second kappa shape index (κ2) is 12.2. The highest BCUT2D eigenvalue weighted by atomic mass is 32.2. The maximum absolute atomic E-state index is 12.7. The summed E-state index contributed by atoms with van der Waals surface area (Å²) in [5.74, 6) is -0.535. The van der Waals surface area contributed by atoms with Crippen molar-refractivity contribution in [2.75, 3.05) is 17.2 Å². The maximum Gasteiger partial charge on any atom is 0.324 e. The van der Waals surface area contributed by atoms with Crippen LogP contribution >= 0.6 is 0 Å². The van der Waals surface area contributed by atoms with Crippen molar-refractivity contribution in [1.82, 2.24) is 29.6 Å². The number of likely N-dealkylation sites (N-methyl/N-ethyl adjacent to an activating group) is 1. The van der Waals surface area contributed by atoms with E-state index in [2.05, 4.69) is 35.6 Å². The Balaban J connectivity index is 1.25. The fraction of sp³-hybridized carbons (Fsp3) is 0.269. The molecule has 0 spiro atoms. The molecule has 3 heterocycles. The lowest BCUT2D eigenvalue weighted by atomic mass is 10.1. The number of imidazole rings is 1. The van der Waals surface area contributed by atoms with Gasteiger partial charge in [-0.1, -0.05) is 30.3 Å². The first-order chi connectivity index (χ1) is 20.2. The third kappa shape index (κ3) is 6.07. The number of benzene rings is 2. The molecule has 42 heavy (non-hydrogen) atoms. The normalized spacial score (nSPS) is 20.4. The Morgan fingerprint density at radius 2 is 1.71 bits per heavy atom. The van der Waals surface area contributed by atoms with E-state index < -0.39 is 46.5 Å². The molecule has 2 aromatic heterocycles. The van der Waals surface area contributed by atoms with Crippen molar-refractivity contribution in [3.63, 3.8) is 0 Å². The van der Waals surface area contributed by atoms with Gasteiger partial charge < -0.3 is 25.6 Å². The molecule has 6 N–H and O–H groups in total. The minimum atomic E-state index is -3.77. The molecule has 1 aliphatic rings. The highest BCUT2D eigenvalue weighted by Gasteiger charge is 2.47. The fourth-order valence-electron chi connectivity index (χ4n) is 4.36. The summed E-state index contributed by atoms with van der Waals surface area (Å²) in [5, 5.41) is 28.6. The predicted octanol–water partition coefficient (Wildman–Crippen LogP) is 0.704. The molecule has 4 aromatic rings. The van der Waals surface area contributed by atoms with Crippen LogP contribution in [-0.4, -0.2) is 74.9 Å². The third-order valence-corrected chi connectivity index (χ3v) is 7.86. The smallest absolute Gasteiger partial charge is 0.324 e. The quantitative estimate of drug-likeness (QED) is 0.159. The zero-order valence-corrected chi connectivity index (χ0v) is 23.0. The summed E-state index contributed by atoms with van der Waals surface area (Å²) in [6.07, 6.45) is -2.96. The van der Waals surface area contributed by atoms with E-state index in [0.29, 0.717) is 12.2 Å². The monoisotopic (exact) mass is 596 g/mol. The third-order valence-electron chi connectivity index (χ3n) is 6.44. The number of nitrogens with one attached hydrogen (secondary N) is 4. The zero-order chi connectivity index (χ0) is 29.9. The molecular weight excluding hydrogens is 568 g/mol. The number of rotatable bonds is 9. The summed E-state index contributed by atoms with van der Waals surface area (Å²) in [5.41, 5.74) is 1.46. The van der Waals surface area contributed by atoms with Gasteiger partial charge in [0.25, 0.3) is 5.91 Å². The molecule has 0 radical (unpaired) electrons. The average molecular weight is 597 g/mol. The Kier molecular flexibility index (Phi) is 8.41. The SMILES string of the molecule is CCNC(=O)[C@H]1O[C@@H](n2cnc3c(NC(=O)Nc4ccc(S(=O)(=O)NCc5ccccc5)cc4)ncnc32)[C@H](O)[C@@H]1O. The number of sulfonamides is 1. The molecule has 16 heteroatoms. The Hall–Kier alpha value is -4.48. The van der Waals surface area contributed by atoms with Gasteiger partial charge in [0.2, 0.25) is 10.0 Å². The molecule has 2 aromatic carbocycles. The van der Waals surface area contributed by atoms with Gasteiger partial charge in [0.15, 0.2) is 29.3 Å². The minimum Gasteiger partial charge on any atom is -0.387 e. The Labute approximate surface area is 240 Å². The van der Waals surface area contributed by atoms with Gasteiger partial charge in [0.1, 0.15) is 18.5 Å². The topological polar surface area (TPSA) is 210 Å². The largest absolute Gasteiger partial charge is 0.387 e. The Bertz CT molecular complexity index is 1680. The van der Waals surface area contributed by atoms with Gasteiger partial charge in [-0.15, -0.1) is 0 Å². The molecule has 5 rings (SSSR count). The first kappa shape index (κ1) is 29.0. The number of nitrogens with zero attached hydrogens (tertiary/aromatic N) is 4. The number of aromatic nitrogens is 4. The van der Waals surface area contributed by atoms with E-state index in [1.807, 2.05) is 30.3 Å². The number of ether oxygens (including phenoxy) is 1. The van der Waals surface area contributed by atoms with Gasteiger partial charge >= 0.3 is 6.03 Å². The number of carbonyl (C=O) groups excluding carboxylic acids is 2. The van der Waals surface area contributed by atoms with E-state index in [0.717, 1.165) is 11.9 Å².